The highest BCUT2D eigenvalue weighted by atomic mass is 16.8. The van der Waals surface area contributed by atoms with E-state index in [1.165, 1.54) is 25.7 Å². The molecule has 1 fully saturated rings. The minimum atomic E-state index is -1.69. The number of carboxylic acid groups (broad SMARTS) is 1. The van der Waals surface area contributed by atoms with Crippen molar-refractivity contribution in [3.8, 4) is 5.75 Å². The lowest BCUT2D eigenvalue weighted by Crippen LogP contribution is -2.32. The summed E-state index contributed by atoms with van der Waals surface area (Å²) in [5, 5.41) is 8.90. The number of ether oxygens (including phenoxy) is 1. The molecule has 0 bridgehead atoms. The van der Waals surface area contributed by atoms with Gasteiger partial charge >= 0.3 is 6.16 Å². The van der Waals surface area contributed by atoms with Gasteiger partial charge in [-0.3, -0.25) is 14.4 Å². The minimum absolute atomic E-state index is 0.107. The van der Waals surface area contributed by atoms with Gasteiger partial charge in [-0.05, 0) is 24.1 Å². The fourth-order valence-electron chi connectivity index (χ4n) is 2.91. The Morgan fingerprint density at radius 2 is 1.77 bits per heavy atom. The van der Waals surface area contributed by atoms with Gasteiger partial charge in [0.15, 0.2) is 0 Å². The Labute approximate surface area is 152 Å². The van der Waals surface area contributed by atoms with Crippen molar-refractivity contribution in [3.05, 3.63) is 29.8 Å². The van der Waals surface area contributed by atoms with E-state index >= 15 is 0 Å². The number of imide groups is 1. The van der Waals surface area contributed by atoms with Crippen LogP contribution in [0.15, 0.2) is 24.3 Å². The number of hydrogen-bond donors (Lipinski definition) is 1. The molecule has 7 nitrogen and oxygen atoms in total. The summed E-state index contributed by atoms with van der Waals surface area (Å²) < 4.78 is 5.69. The lowest BCUT2D eigenvalue weighted by atomic mass is 9.98. The Morgan fingerprint density at radius 1 is 1.12 bits per heavy atom. The molecule has 0 spiro atoms. The van der Waals surface area contributed by atoms with Crippen molar-refractivity contribution >= 4 is 18.0 Å². The molecule has 0 radical (unpaired) electrons. The second-order valence-corrected chi connectivity index (χ2v) is 6.33. The van der Waals surface area contributed by atoms with Crippen LogP contribution in [0, 0.1) is 0 Å². The van der Waals surface area contributed by atoms with E-state index in [0.29, 0.717) is 23.0 Å². The standard InChI is InChI=1S/C19H25NO6/c1-2-3-4-5-6-7-12-25-15-10-8-14(9-11-15)16-13-17(21)20(18(16)22)26-19(23)24/h8-11,16H,2-7,12-13H2,1H3,(H,23,24). The van der Waals surface area contributed by atoms with Crippen LogP contribution in [-0.2, 0) is 14.4 Å². The molecule has 26 heavy (non-hydrogen) atoms. The Bertz CT molecular complexity index is 627. The van der Waals surface area contributed by atoms with Crippen LogP contribution in [-0.4, -0.2) is 34.7 Å². The highest BCUT2D eigenvalue weighted by molar-refractivity contribution is 6.05. The first-order chi connectivity index (χ1) is 12.5. The van der Waals surface area contributed by atoms with E-state index in [4.69, 9.17) is 9.84 Å². The maximum atomic E-state index is 12.1. The Kier molecular flexibility index (Phi) is 7.44. The topological polar surface area (TPSA) is 93.1 Å². The highest BCUT2D eigenvalue weighted by Gasteiger charge is 2.42. The van der Waals surface area contributed by atoms with Crippen molar-refractivity contribution in [2.45, 2.75) is 57.8 Å². The van der Waals surface area contributed by atoms with E-state index in [0.717, 1.165) is 12.8 Å². The van der Waals surface area contributed by atoms with Crippen molar-refractivity contribution in [1.82, 2.24) is 5.06 Å². The Morgan fingerprint density at radius 3 is 2.42 bits per heavy atom. The maximum absolute atomic E-state index is 12.1. The van der Waals surface area contributed by atoms with Crippen molar-refractivity contribution in [1.29, 1.82) is 0 Å². The first kappa shape index (κ1) is 19.8. The van der Waals surface area contributed by atoms with Crippen molar-refractivity contribution < 1.29 is 29.1 Å². The zero-order valence-corrected chi connectivity index (χ0v) is 15.0. The summed E-state index contributed by atoms with van der Waals surface area (Å²) in [5.74, 6) is -1.35. The van der Waals surface area contributed by atoms with Crippen LogP contribution in [0.5, 0.6) is 5.75 Å². The third-order valence-electron chi connectivity index (χ3n) is 4.32. The number of rotatable bonds is 10. The maximum Gasteiger partial charge on any atom is 0.531 e. The molecule has 1 saturated heterocycles. The van der Waals surface area contributed by atoms with Gasteiger partial charge in [0.2, 0.25) is 0 Å². The lowest BCUT2D eigenvalue weighted by molar-refractivity contribution is -0.175. The second kappa shape index (κ2) is 9.79. The van der Waals surface area contributed by atoms with E-state index < -0.39 is 23.9 Å². The molecule has 2 rings (SSSR count). The quantitative estimate of drug-likeness (QED) is 0.501. The molecule has 1 atom stereocenters. The summed E-state index contributed by atoms with van der Waals surface area (Å²) in [6.07, 6.45) is 5.36. The molecule has 1 aromatic carbocycles. The van der Waals surface area contributed by atoms with Crippen LogP contribution in [0.3, 0.4) is 0 Å². The van der Waals surface area contributed by atoms with Gasteiger partial charge in [-0.25, -0.2) is 4.79 Å². The van der Waals surface area contributed by atoms with Gasteiger partial charge in [0.25, 0.3) is 11.8 Å². The van der Waals surface area contributed by atoms with Gasteiger partial charge in [0.05, 0.1) is 12.5 Å². The summed E-state index contributed by atoms with van der Waals surface area (Å²) in [7, 11) is 0. The predicted molar refractivity (Wildman–Crippen MR) is 93.6 cm³/mol. The van der Waals surface area contributed by atoms with Crippen molar-refractivity contribution in [2.75, 3.05) is 6.61 Å². The zero-order chi connectivity index (χ0) is 18.9. The zero-order valence-electron chi connectivity index (χ0n) is 15.0. The molecular weight excluding hydrogens is 338 g/mol. The molecule has 1 aliphatic heterocycles. The molecule has 0 aliphatic carbocycles. The fourth-order valence-corrected chi connectivity index (χ4v) is 2.91. The first-order valence-electron chi connectivity index (χ1n) is 9.03. The second-order valence-electron chi connectivity index (χ2n) is 6.33. The smallest absolute Gasteiger partial charge is 0.494 e. The summed E-state index contributed by atoms with van der Waals surface area (Å²) in [5.41, 5.74) is 0.631. The minimum Gasteiger partial charge on any atom is -0.494 e. The molecule has 1 aliphatic rings. The van der Waals surface area contributed by atoms with E-state index in [9.17, 15) is 14.4 Å². The van der Waals surface area contributed by atoms with Crippen LogP contribution >= 0.6 is 0 Å². The average Bonchev–Trinajstić information content (AvgIpc) is 2.89. The number of hydrogen-bond acceptors (Lipinski definition) is 5. The molecule has 1 unspecified atom stereocenters. The van der Waals surface area contributed by atoms with Crippen LogP contribution in [0.25, 0.3) is 0 Å². The van der Waals surface area contributed by atoms with Gasteiger partial charge in [-0.1, -0.05) is 56.2 Å². The molecular formula is C19H25NO6. The van der Waals surface area contributed by atoms with Gasteiger partial charge in [-0.2, -0.15) is 0 Å². The number of nitrogens with zero attached hydrogens (tertiary/aromatic N) is 1. The SMILES string of the molecule is CCCCCCCCOc1ccc(C2CC(=O)N(OC(=O)O)C2=O)cc1. The average molecular weight is 363 g/mol. The number of carbonyl (C=O) groups is 3. The van der Waals surface area contributed by atoms with Crippen LogP contribution in [0.2, 0.25) is 0 Å². The Balaban J connectivity index is 1.81. The third-order valence-corrected chi connectivity index (χ3v) is 4.32. The van der Waals surface area contributed by atoms with Crippen LogP contribution < -0.4 is 4.74 Å². The fraction of sp³-hybridized carbons (Fsp3) is 0.526. The van der Waals surface area contributed by atoms with E-state index in [1.54, 1.807) is 24.3 Å². The normalized spacial score (nSPS) is 16.8. The summed E-state index contributed by atoms with van der Waals surface area (Å²) in [4.78, 5) is 38.7. The molecule has 1 N–H and O–H groups in total. The molecule has 0 aromatic heterocycles. The number of benzene rings is 1. The lowest BCUT2D eigenvalue weighted by Gasteiger charge is -2.12. The summed E-state index contributed by atoms with van der Waals surface area (Å²) >= 11 is 0. The third kappa shape index (κ3) is 5.47. The first-order valence-corrected chi connectivity index (χ1v) is 9.03. The van der Waals surface area contributed by atoms with Crippen LogP contribution in [0.4, 0.5) is 4.79 Å². The van der Waals surface area contributed by atoms with Crippen molar-refractivity contribution in [2.24, 2.45) is 0 Å². The van der Waals surface area contributed by atoms with Gasteiger partial charge in [0.1, 0.15) is 5.75 Å². The number of unbranched alkanes of at least 4 members (excludes halogenated alkanes) is 5. The predicted octanol–water partition coefficient (Wildman–Crippen LogP) is 3.88. The number of carbonyl (C=O) groups excluding carboxylic acids is 2. The summed E-state index contributed by atoms with van der Waals surface area (Å²) in [6, 6.07) is 6.95. The molecule has 1 aromatic rings. The molecule has 1 heterocycles. The summed E-state index contributed by atoms with van der Waals surface area (Å²) in [6.45, 7) is 2.84. The molecule has 0 saturated carbocycles. The van der Waals surface area contributed by atoms with Crippen molar-refractivity contribution in [3.63, 3.8) is 0 Å². The van der Waals surface area contributed by atoms with Gasteiger partial charge < -0.3 is 9.84 Å². The number of amides is 2. The largest absolute Gasteiger partial charge is 0.531 e. The van der Waals surface area contributed by atoms with E-state index in [-0.39, 0.29) is 6.42 Å². The molecule has 2 amide bonds. The van der Waals surface area contributed by atoms with Gasteiger partial charge in [-0.15, -0.1) is 0 Å². The van der Waals surface area contributed by atoms with E-state index in [1.807, 2.05) is 0 Å². The molecule has 142 valence electrons. The number of hydroxylamine groups is 2. The van der Waals surface area contributed by atoms with E-state index in [2.05, 4.69) is 11.8 Å². The highest BCUT2D eigenvalue weighted by Crippen LogP contribution is 2.30. The Hall–Kier alpha value is -2.57. The van der Waals surface area contributed by atoms with Crippen LogP contribution in [0.1, 0.15) is 63.4 Å². The molecule has 7 heteroatoms. The monoisotopic (exact) mass is 363 g/mol. The van der Waals surface area contributed by atoms with Gasteiger partial charge in [0, 0.05) is 6.42 Å².